The van der Waals surface area contributed by atoms with E-state index in [1.807, 2.05) is 48.0 Å². The fourth-order valence-electron chi connectivity index (χ4n) is 3.07. The van der Waals surface area contributed by atoms with Crippen molar-refractivity contribution < 1.29 is 13.2 Å². The largest absolute Gasteiger partial charge is 0.416 e. The lowest BCUT2D eigenvalue weighted by molar-refractivity contribution is -0.137. The third-order valence-corrected chi connectivity index (χ3v) is 4.38. The molecule has 0 fully saturated rings. The minimum absolute atomic E-state index is 0.613. The molecule has 130 valence electrons. The number of rotatable bonds is 2. The minimum Gasteiger partial charge on any atom is -0.328 e. The maximum absolute atomic E-state index is 12.8. The molecule has 2 aromatic heterocycles. The lowest BCUT2D eigenvalue weighted by atomic mass is 10.1. The van der Waals surface area contributed by atoms with E-state index in [0.29, 0.717) is 11.3 Å². The summed E-state index contributed by atoms with van der Waals surface area (Å²) in [7, 11) is 1.91. The van der Waals surface area contributed by atoms with Gasteiger partial charge < -0.3 is 4.57 Å². The molecule has 0 spiro atoms. The number of fused-ring (bicyclic) bond motifs is 1. The van der Waals surface area contributed by atoms with Gasteiger partial charge in [-0.3, -0.25) is 0 Å². The normalized spacial score (nSPS) is 11.8. The number of hydrogen-bond acceptors (Lipinski definition) is 2. The number of alkyl halides is 3. The molecule has 0 unspecified atom stereocenters. The third kappa shape index (κ3) is 2.73. The monoisotopic (exact) mass is 353 g/mol. The standard InChI is InChI=1S/C20H14F3N3/c1-26-17(13-5-3-2-4-6-13)11-16-18(24-12-25-19(16)26)14-7-9-15(10-8-14)20(21,22)23/h2-12H,1H3. The van der Waals surface area contributed by atoms with Gasteiger partial charge in [0.25, 0.3) is 0 Å². The first-order chi connectivity index (χ1) is 12.4. The highest BCUT2D eigenvalue weighted by atomic mass is 19.4. The topological polar surface area (TPSA) is 30.7 Å². The Morgan fingerprint density at radius 1 is 0.846 bits per heavy atom. The molecule has 2 aromatic carbocycles. The Balaban J connectivity index is 1.87. The SMILES string of the molecule is Cn1c(-c2ccccc2)cc2c(-c3ccc(C(F)(F)F)cc3)ncnc21. The zero-order valence-corrected chi connectivity index (χ0v) is 13.8. The van der Waals surface area contributed by atoms with E-state index in [2.05, 4.69) is 9.97 Å². The van der Waals surface area contributed by atoms with Gasteiger partial charge in [-0.25, -0.2) is 9.97 Å². The van der Waals surface area contributed by atoms with Gasteiger partial charge in [0.05, 0.1) is 17.0 Å². The van der Waals surface area contributed by atoms with Crippen LogP contribution in [0.5, 0.6) is 0 Å². The van der Waals surface area contributed by atoms with E-state index >= 15 is 0 Å². The summed E-state index contributed by atoms with van der Waals surface area (Å²) in [5, 5.41) is 0.800. The second-order valence-electron chi connectivity index (χ2n) is 5.99. The molecule has 0 amide bonds. The zero-order valence-electron chi connectivity index (χ0n) is 13.8. The molecule has 0 aliphatic heterocycles. The van der Waals surface area contributed by atoms with E-state index in [9.17, 15) is 13.2 Å². The Morgan fingerprint density at radius 2 is 1.54 bits per heavy atom. The van der Waals surface area contributed by atoms with Crippen molar-refractivity contribution in [1.82, 2.24) is 14.5 Å². The molecule has 0 saturated carbocycles. The summed E-state index contributed by atoms with van der Waals surface area (Å²) in [6, 6.07) is 16.9. The lowest BCUT2D eigenvalue weighted by Gasteiger charge is -2.08. The van der Waals surface area contributed by atoms with Crippen molar-refractivity contribution in [2.45, 2.75) is 6.18 Å². The summed E-state index contributed by atoms with van der Waals surface area (Å²) in [6.07, 6.45) is -2.92. The van der Waals surface area contributed by atoms with E-state index in [1.165, 1.54) is 18.5 Å². The molecule has 0 N–H and O–H groups in total. The average Bonchev–Trinajstić information content (AvgIpc) is 2.99. The molecule has 0 atom stereocenters. The Bertz CT molecular complexity index is 1070. The molecule has 26 heavy (non-hydrogen) atoms. The van der Waals surface area contributed by atoms with Crippen LogP contribution in [-0.4, -0.2) is 14.5 Å². The van der Waals surface area contributed by atoms with E-state index < -0.39 is 11.7 Å². The van der Waals surface area contributed by atoms with Crippen LogP contribution in [0.3, 0.4) is 0 Å². The summed E-state index contributed by atoms with van der Waals surface area (Å²) in [4.78, 5) is 8.65. The van der Waals surface area contributed by atoms with Crippen LogP contribution in [0.15, 0.2) is 67.0 Å². The van der Waals surface area contributed by atoms with Crippen LogP contribution < -0.4 is 0 Å². The first kappa shape index (κ1) is 16.3. The molecule has 0 aliphatic carbocycles. The molecular weight excluding hydrogens is 339 g/mol. The number of aryl methyl sites for hydroxylation is 1. The summed E-state index contributed by atoms with van der Waals surface area (Å²) >= 11 is 0. The molecule has 0 aliphatic rings. The van der Waals surface area contributed by atoms with Gasteiger partial charge in [0.15, 0.2) is 0 Å². The predicted octanol–water partition coefficient (Wildman–Crippen LogP) is 5.32. The smallest absolute Gasteiger partial charge is 0.328 e. The number of nitrogens with zero attached hydrogens (tertiary/aromatic N) is 3. The Hall–Kier alpha value is -3.15. The molecule has 4 aromatic rings. The van der Waals surface area contributed by atoms with Gasteiger partial charge >= 0.3 is 6.18 Å². The third-order valence-electron chi connectivity index (χ3n) is 4.38. The van der Waals surface area contributed by atoms with Gasteiger partial charge in [0, 0.05) is 18.0 Å². The quantitative estimate of drug-likeness (QED) is 0.488. The van der Waals surface area contributed by atoms with Crippen molar-refractivity contribution in [3.8, 4) is 22.5 Å². The van der Waals surface area contributed by atoms with Crippen molar-refractivity contribution in [3.63, 3.8) is 0 Å². The van der Waals surface area contributed by atoms with Crippen LogP contribution in [0, 0.1) is 0 Å². The molecule has 3 nitrogen and oxygen atoms in total. The highest BCUT2D eigenvalue weighted by Crippen LogP contribution is 2.34. The van der Waals surface area contributed by atoms with E-state index in [1.54, 1.807) is 0 Å². The molecule has 2 heterocycles. The van der Waals surface area contributed by atoms with Crippen molar-refractivity contribution in [3.05, 3.63) is 72.6 Å². The molecule has 0 saturated heterocycles. The summed E-state index contributed by atoms with van der Waals surface area (Å²) in [5.41, 5.74) is 3.29. The van der Waals surface area contributed by atoms with Gasteiger partial charge in [-0.2, -0.15) is 13.2 Å². The van der Waals surface area contributed by atoms with E-state index in [0.717, 1.165) is 34.4 Å². The molecule has 0 radical (unpaired) electrons. The number of halogens is 3. The van der Waals surface area contributed by atoms with Crippen molar-refractivity contribution in [2.24, 2.45) is 7.05 Å². The highest BCUT2D eigenvalue weighted by molar-refractivity contribution is 5.94. The van der Waals surface area contributed by atoms with Crippen LogP contribution in [0.25, 0.3) is 33.5 Å². The van der Waals surface area contributed by atoms with Crippen LogP contribution >= 0.6 is 0 Å². The Kier molecular flexibility index (Phi) is 3.76. The fourth-order valence-corrected chi connectivity index (χ4v) is 3.07. The highest BCUT2D eigenvalue weighted by Gasteiger charge is 2.30. The van der Waals surface area contributed by atoms with E-state index in [-0.39, 0.29) is 0 Å². The zero-order chi connectivity index (χ0) is 18.3. The number of aromatic nitrogens is 3. The van der Waals surface area contributed by atoms with Crippen molar-refractivity contribution in [1.29, 1.82) is 0 Å². The summed E-state index contributed by atoms with van der Waals surface area (Å²) in [5.74, 6) is 0. The molecule has 6 heteroatoms. The Labute approximate surface area is 147 Å². The molecule has 4 rings (SSSR count). The predicted molar refractivity (Wildman–Crippen MR) is 94.4 cm³/mol. The summed E-state index contributed by atoms with van der Waals surface area (Å²) < 4.78 is 40.3. The van der Waals surface area contributed by atoms with Gasteiger partial charge in [-0.05, 0) is 23.8 Å². The number of benzene rings is 2. The van der Waals surface area contributed by atoms with Crippen LogP contribution in [0.1, 0.15) is 5.56 Å². The second kappa shape index (κ2) is 5.98. The molecule has 0 bridgehead atoms. The van der Waals surface area contributed by atoms with Crippen molar-refractivity contribution >= 4 is 11.0 Å². The van der Waals surface area contributed by atoms with Crippen LogP contribution in [-0.2, 0) is 13.2 Å². The number of hydrogen-bond donors (Lipinski definition) is 0. The maximum atomic E-state index is 12.8. The first-order valence-corrected chi connectivity index (χ1v) is 7.98. The van der Waals surface area contributed by atoms with Crippen molar-refractivity contribution in [2.75, 3.05) is 0 Å². The lowest BCUT2D eigenvalue weighted by Crippen LogP contribution is -2.04. The Morgan fingerprint density at radius 3 is 2.19 bits per heavy atom. The van der Waals surface area contributed by atoms with Gasteiger partial charge in [-0.1, -0.05) is 42.5 Å². The molecular formula is C20H14F3N3. The van der Waals surface area contributed by atoms with Gasteiger partial charge in [-0.15, -0.1) is 0 Å². The minimum atomic E-state index is -4.35. The maximum Gasteiger partial charge on any atom is 0.416 e. The van der Waals surface area contributed by atoms with Gasteiger partial charge in [0.2, 0.25) is 0 Å². The average molecular weight is 353 g/mol. The fraction of sp³-hybridized carbons (Fsp3) is 0.100. The van der Waals surface area contributed by atoms with Crippen LogP contribution in [0.4, 0.5) is 13.2 Å². The second-order valence-corrected chi connectivity index (χ2v) is 5.99. The summed E-state index contributed by atoms with van der Waals surface area (Å²) in [6.45, 7) is 0. The van der Waals surface area contributed by atoms with Crippen LogP contribution in [0.2, 0.25) is 0 Å². The van der Waals surface area contributed by atoms with E-state index in [4.69, 9.17) is 0 Å². The van der Waals surface area contributed by atoms with Gasteiger partial charge in [0.1, 0.15) is 12.0 Å². The first-order valence-electron chi connectivity index (χ1n) is 7.98.